The average molecular weight is 377 g/mol. The Morgan fingerprint density at radius 2 is 1.82 bits per heavy atom. The van der Waals surface area contributed by atoms with Gasteiger partial charge in [-0.05, 0) is 56.2 Å². The molecule has 2 aliphatic carbocycles. The van der Waals surface area contributed by atoms with Crippen molar-refractivity contribution in [2.45, 2.75) is 45.1 Å². The molecule has 2 fully saturated rings. The summed E-state index contributed by atoms with van der Waals surface area (Å²) in [7, 11) is 0. The van der Waals surface area contributed by atoms with Crippen LogP contribution in [0.15, 0.2) is 40.9 Å². The SMILES string of the molecule is Cc1cc(-c2ccc(-c3ccc(OC4C[C@H]5CC[C@@H](C4)C5)nn3)c(O)c2)on1. The zero-order chi connectivity index (χ0) is 19.1. The first-order chi connectivity index (χ1) is 13.6. The largest absolute Gasteiger partial charge is 0.507 e. The van der Waals surface area contributed by atoms with Crippen molar-refractivity contribution in [1.82, 2.24) is 15.4 Å². The molecular weight excluding hydrogens is 354 g/mol. The molecule has 2 bridgehead atoms. The van der Waals surface area contributed by atoms with E-state index in [1.807, 2.05) is 37.3 Å². The maximum Gasteiger partial charge on any atom is 0.233 e. The lowest BCUT2D eigenvalue weighted by Gasteiger charge is -2.27. The molecule has 1 N–H and O–H groups in total. The number of hydrogen-bond donors (Lipinski definition) is 1. The minimum absolute atomic E-state index is 0.123. The van der Waals surface area contributed by atoms with Crippen molar-refractivity contribution in [1.29, 1.82) is 0 Å². The maximum absolute atomic E-state index is 10.4. The van der Waals surface area contributed by atoms with Gasteiger partial charge in [-0.1, -0.05) is 24.1 Å². The van der Waals surface area contributed by atoms with E-state index in [1.165, 1.54) is 19.3 Å². The van der Waals surface area contributed by atoms with Gasteiger partial charge in [0.1, 0.15) is 11.9 Å². The summed E-state index contributed by atoms with van der Waals surface area (Å²) in [5.41, 5.74) is 2.79. The number of phenols is 1. The standard InChI is InChI=1S/C22H23N3O3/c1-13-8-21(28-25-13)16-4-5-18(20(26)12-16)19-6-7-22(24-23-19)27-17-10-14-2-3-15(9-14)11-17/h4-8,12,14-15,17,26H,2-3,9-11H2,1H3/t14-,15+,17?. The molecule has 1 unspecified atom stereocenters. The number of nitrogens with zero attached hydrogens (tertiary/aromatic N) is 3. The van der Waals surface area contributed by atoms with Gasteiger partial charge in [-0.3, -0.25) is 0 Å². The molecule has 0 saturated heterocycles. The van der Waals surface area contributed by atoms with E-state index in [0.717, 1.165) is 35.9 Å². The molecule has 0 radical (unpaired) electrons. The molecule has 3 atom stereocenters. The molecule has 2 saturated carbocycles. The highest BCUT2D eigenvalue weighted by Crippen LogP contribution is 2.43. The summed E-state index contributed by atoms with van der Waals surface area (Å²) in [6.45, 7) is 1.86. The predicted octanol–water partition coefficient (Wildman–Crippen LogP) is 4.77. The Labute approximate surface area is 163 Å². The van der Waals surface area contributed by atoms with E-state index in [0.29, 0.717) is 22.9 Å². The molecule has 0 spiro atoms. The van der Waals surface area contributed by atoms with E-state index >= 15 is 0 Å². The average Bonchev–Trinajstić information content (AvgIpc) is 3.27. The first-order valence-electron chi connectivity index (χ1n) is 9.91. The molecule has 0 aliphatic heterocycles. The molecule has 6 nitrogen and oxygen atoms in total. The van der Waals surface area contributed by atoms with Gasteiger partial charge in [0.2, 0.25) is 5.88 Å². The Kier molecular flexibility index (Phi) is 4.26. The van der Waals surface area contributed by atoms with Gasteiger partial charge >= 0.3 is 0 Å². The molecule has 2 aliphatic rings. The van der Waals surface area contributed by atoms with Gasteiger partial charge in [0, 0.05) is 23.3 Å². The highest BCUT2D eigenvalue weighted by molar-refractivity contribution is 5.72. The summed E-state index contributed by atoms with van der Waals surface area (Å²) in [6, 6.07) is 10.8. The van der Waals surface area contributed by atoms with E-state index in [1.54, 1.807) is 6.07 Å². The van der Waals surface area contributed by atoms with Crippen LogP contribution in [0, 0.1) is 18.8 Å². The summed E-state index contributed by atoms with van der Waals surface area (Å²) in [4.78, 5) is 0. The third kappa shape index (κ3) is 3.35. The van der Waals surface area contributed by atoms with Crippen LogP contribution < -0.4 is 4.74 Å². The van der Waals surface area contributed by atoms with Gasteiger partial charge < -0.3 is 14.4 Å². The number of ether oxygens (including phenoxy) is 1. The normalized spacial score (nSPS) is 23.7. The second-order valence-corrected chi connectivity index (χ2v) is 8.08. The Balaban J connectivity index is 1.31. The zero-order valence-corrected chi connectivity index (χ0v) is 15.8. The number of rotatable bonds is 4. The van der Waals surface area contributed by atoms with Crippen LogP contribution >= 0.6 is 0 Å². The molecular formula is C22H23N3O3. The number of fused-ring (bicyclic) bond motifs is 2. The van der Waals surface area contributed by atoms with Gasteiger partial charge in [-0.25, -0.2) is 0 Å². The summed E-state index contributed by atoms with van der Waals surface area (Å²) in [5, 5.41) is 22.8. The maximum atomic E-state index is 10.4. The van der Waals surface area contributed by atoms with E-state index in [4.69, 9.17) is 9.26 Å². The van der Waals surface area contributed by atoms with E-state index in [2.05, 4.69) is 15.4 Å². The fraction of sp³-hybridized carbons (Fsp3) is 0.409. The topological polar surface area (TPSA) is 81.3 Å². The second kappa shape index (κ2) is 6.93. The molecule has 2 aromatic heterocycles. The molecule has 2 heterocycles. The third-order valence-electron chi connectivity index (χ3n) is 5.96. The number of aromatic hydroxyl groups is 1. The van der Waals surface area contributed by atoms with Crippen LogP contribution in [0.4, 0.5) is 0 Å². The molecule has 28 heavy (non-hydrogen) atoms. The van der Waals surface area contributed by atoms with Crippen LogP contribution in [0.25, 0.3) is 22.6 Å². The van der Waals surface area contributed by atoms with E-state index in [-0.39, 0.29) is 11.9 Å². The monoisotopic (exact) mass is 377 g/mol. The quantitative estimate of drug-likeness (QED) is 0.705. The third-order valence-corrected chi connectivity index (χ3v) is 5.96. The zero-order valence-electron chi connectivity index (χ0n) is 15.8. The molecule has 5 rings (SSSR count). The minimum atomic E-state index is 0.123. The molecule has 3 aromatic rings. The number of phenolic OH excluding ortho intramolecular Hbond substituents is 1. The van der Waals surface area contributed by atoms with Crippen LogP contribution in [-0.4, -0.2) is 26.6 Å². The molecule has 1 aromatic carbocycles. The van der Waals surface area contributed by atoms with Crippen LogP contribution in [0.3, 0.4) is 0 Å². The van der Waals surface area contributed by atoms with Crippen LogP contribution in [0.2, 0.25) is 0 Å². The predicted molar refractivity (Wildman–Crippen MR) is 104 cm³/mol. The number of aromatic nitrogens is 3. The van der Waals surface area contributed by atoms with Gasteiger partial charge in [-0.15, -0.1) is 10.2 Å². The van der Waals surface area contributed by atoms with Crippen molar-refractivity contribution in [3.63, 3.8) is 0 Å². The highest BCUT2D eigenvalue weighted by Gasteiger charge is 2.35. The first-order valence-corrected chi connectivity index (χ1v) is 9.91. The summed E-state index contributed by atoms with van der Waals surface area (Å²) < 4.78 is 11.3. The summed E-state index contributed by atoms with van der Waals surface area (Å²) in [6.07, 6.45) is 6.57. The van der Waals surface area contributed by atoms with Gasteiger partial charge in [0.05, 0.1) is 11.4 Å². The molecule has 144 valence electrons. The van der Waals surface area contributed by atoms with Gasteiger partial charge in [-0.2, -0.15) is 0 Å². The second-order valence-electron chi connectivity index (χ2n) is 8.08. The van der Waals surface area contributed by atoms with Crippen molar-refractivity contribution in [2.75, 3.05) is 0 Å². The highest BCUT2D eigenvalue weighted by atomic mass is 16.5. The Bertz CT molecular complexity index is 971. The first kappa shape index (κ1) is 17.2. The summed E-state index contributed by atoms with van der Waals surface area (Å²) in [5.74, 6) is 2.94. The Hall–Kier alpha value is -2.89. The lowest BCUT2D eigenvalue weighted by atomic mass is 9.87. The van der Waals surface area contributed by atoms with E-state index < -0.39 is 0 Å². The molecule has 0 amide bonds. The van der Waals surface area contributed by atoms with Crippen molar-refractivity contribution in [3.05, 3.63) is 42.1 Å². The number of benzene rings is 1. The van der Waals surface area contributed by atoms with Crippen molar-refractivity contribution < 1.29 is 14.4 Å². The fourth-order valence-corrected chi connectivity index (χ4v) is 4.64. The fourth-order valence-electron chi connectivity index (χ4n) is 4.64. The lowest BCUT2D eigenvalue weighted by molar-refractivity contribution is 0.113. The van der Waals surface area contributed by atoms with Gasteiger partial charge in [0.25, 0.3) is 0 Å². The van der Waals surface area contributed by atoms with Gasteiger partial charge in [0.15, 0.2) is 5.76 Å². The van der Waals surface area contributed by atoms with Crippen LogP contribution in [-0.2, 0) is 0 Å². The van der Waals surface area contributed by atoms with Crippen LogP contribution in [0.5, 0.6) is 11.6 Å². The van der Waals surface area contributed by atoms with E-state index in [9.17, 15) is 5.11 Å². The Morgan fingerprint density at radius 1 is 1.00 bits per heavy atom. The van der Waals surface area contributed by atoms with Crippen LogP contribution in [0.1, 0.15) is 37.8 Å². The number of hydrogen-bond acceptors (Lipinski definition) is 6. The minimum Gasteiger partial charge on any atom is -0.507 e. The van der Waals surface area contributed by atoms with Crippen molar-refractivity contribution in [3.8, 4) is 34.2 Å². The molecule has 6 heteroatoms. The lowest BCUT2D eigenvalue weighted by Crippen LogP contribution is -2.26. The smallest absolute Gasteiger partial charge is 0.233 e. The number of aryl methyl sites for hydroxylation is 1. The Morgan fingerprint density at radius 3 is 2.46 bits per heavy atom. The van der Waals surface area contributed by atoms with Crippen molar-refractivity contribution >= 4 is 0 Å². The summed E-state index contributed by atoms with van der Waals surface area (Å²) >= 11 is 0. The van der Waals surface area contributed by atoms with Crippen molar-refractivity contribution in [2.24, 2.45) is 11.8 Å².